The molecule has 0 aromatic heterocycles. The molecule has 1 aromatic rings. The normalized spacial score (nSPS) is 9.41. The van der Waals surface area contributed by atoms with Crippen molar-refractivity contribution < 1.29 is 9.53 Å². The molecule has 0 saturated carbocycles. The van der Waals surface area contributed by atoms with Gasteiger partial charge in [-0.3, -0.25) is 4.79 Å². The number of nitrogens with zero attached hydrogens (tertiary/aromatic N) is 1. The number of hydrogen-bond acceptors (Lipinski definition) is 3. The zero-order valence-corrected chi connectivity index (χ0v) is 9.90. The predicted octanol–water partition coefficient (Wildman–Crippen LogP) is 1.66. The van der Waals surface area contributed by atoms with Crippen LogP contribution in [0.2, 0.25) is 0 Å². The van der Waals surface area contributed by atoms with E-state index in [2.05, 4.69) is 5.32 Å². The Hall–Kier alpha value is -2.02. The molecule has 0 aliphatic rings. The molecule has 1 aromatic carbocycles. The van der Waals surface area contributed by atoms with Gasteiger partial charge in [0, 0.05) is 13.0 Å². The fourth-order valence-electron chi connectivity index (χ4n) is 1.43. The summed E-state index contributed by atoms with van der Waals surface area (Å²) in [5.41, 5.74) is 0.919. The second kappa shape index (κ2) is 7.29. The first-order valence-electron chi connectivity index (χ1n) is 5.53. The highest BCUT2D eigenvalue weighted by Gasteiger charge is 2.03. The Morgan fingerprint density at radius 2 is 2.35 bits per heavy atom. The van der Waals surface area contributed by atoms with Crippen molar-refractivity contribution in [1.82, 2.24) is 5.32 Å². The Morgan fingerprint density at radius 3 is 3.06 bits per heavy atom. The first-order valence-corrected chi connectivity index (χ1v) is 5.53. The van der Waals surface area contributed by atoms with Gasteiger partial charge in [0.25, 0.3) is 0 Å². The molecule has 0 radical (unpaired) electrons. The van der Waals surface area contributed by atoms with Crippen molar-refractivity contribution in [3.63, 3.8) is 0 Å². The van der Waals surface area contributed by atoms with Crippen molar-refractivity contribution in [3.05, 3.63) is 29.8 Å². The van der Waals surface area contributed by atoms with Crippen LogP contribution in [-0.2, 0) is 11.2 Å². The van der Waals surface area contributed by atoms with Crippen LogP contribution in [-0.4, -0.2) is 19.6 Å². The monoisotopic (exact) mass is 232 g/mol. The molecule has 0 aliphatic carbocycles. The van der Waals surface area contributed by atoms with E-state index in [4.69, 9.17) is 10.00 Å². The van der Waals surface area contributed by atoms with Gasteiger partial charge < -0.3 is 10.1 Å². The average molecular weight is 232 g/mol. The number of methoxy groups -OCH3 is 1. The SMILES string of the molecule is COc1cccc(CC(=O)NCCCC#N)c1. The molecular weight excluding hydrogens is 216 g/mol. The smallest absolute Gasteiger partial charge is 0.224 e. The molecule has 0 spiro atoms. The molecule has 0 bridgehead atoms. The van der Waals surface area contributed by atoms with Gasteiger partial charge in [0.05, 0.1) is 19.6 Å². The molecule has 0 aliphatic heterocycles. The number of nitriles is 1. The second-order valence-corrected chi connectivity index (χ2v) is 3.64. The van der Waals surface area contributed by atoms with Gasteiger partial charge in [0.2, 0.25) is 5.91 Å². The summed E-state index contributed by atoms with van der Waals surface area (Å²) < 4.78 is 5.08. The van der Waals surface area contributed by atoms with E-state index in [0.717, 1.165) is 11.3 Å². The number of carbonyl (C=O) groups excluding carboxylic acids is 1. The highest BCUT2D eigenvalue weighted by molar-refractivity contribution is 5.78. The molecule has 1 rings (SSSR count). The maximum Gasteiger partial charge on any atom is 0.224 e. The first-order chi connectivity index (χ1) is 8.26. The van der Waals surface area contributed by atoms with E-state index in [-0.39, 0.29) is 5.91 Å². The summed E-state index contributed by atoms with van der Waals surface area (Å²) in [4.78, 5) is 11.5. The van der Waals surface area contributed by atoms with Crippen LogP contribution in [0, 0.1) is 11.3 Å². The summed E-state index contributed by atoms with van der Waals surface area (Å²) in [6, 6.07) is 9.47. The summed E-state index contributed by atoms with van der Waals surface area (Å²) in [6.45, 7) is 0.552. The molecule has 4 nitrogen and oxygen atoms in total. The minimum absolute atomic E-state index is 0.0313. The number of hydrogen-bond donors (Lipinski definition) is 1. The third-order valence-electron chi connectivity index (χ3n) is 2.29. The van der Waals surface area contributed by atoms with Gasteiger partial charge in [-0.05, 0) is 24.1 Å². The van der Waals surface area contributed by atoms with E-state index >= 15 is 0 Å². The van der Waals surface area contributed by atoms with Crippen LogP contribution in [0.5, 0.6) is 5.75 Å². The maximum absolute atomic E-state index is 11.5. The lowest BCUT2D eigenvalue weighted by atomic mass is 10.1. The van der Waals surface area contributed by atoms with Crippen molar-refractivity contribution in [2.75, 3.05) is 13.7 Å². The van der Waals surface area contributed by atoms with Crippen LogP contribution in [0.1, 0.15) is 18.4 Å². The third kappa shape index (κ3) is 5.03. The summed E-state index contributed by atoms with van der Waals surface area (Å²) in [5.74, 6) is 0.718. The van der Waals surface area contributed by atoms with Crippen molar-refractivity contribution >= 4 is 5.91 Å². The predicted molar refractivity (Wildman–Crippen MR) is 64.6 cm³/mol. The van der Waals surface area contributed by atoms with Gasteiger partial charge in [-0.15, -0.1) is 0 Å². The standard InChI is InChI=1S/C13H16N2O2/c1-17-12-6-4-5-11(9-12)10-13(16)15-8-3-2-7-14/h4-6,9H,2-3,8,10H2,1H3,(H,15,16). The van der Waals surface area contributed by atoms with E-state index < -0.39 is 0 Å². The van der Waals surface area contributed by atoms with Gasteiger partial charge in [-0.1, -0.05) is 12.1 Å². The molecule has 4 heteroatoms. The molecule has 0 saturated heterocycles. The molecule has 1 N–H and O–H groups in total. The summed E-state index contributed by atoms with van der Waals surface area (Å²) >= 11 is 0. The highest BCUT2D eigenvalue weighted by atomic mass is 16.5. The van der Waals surface area contributed by atoms with Crippen molar-refractivity contribution in [3.8, 4) is 11.8 Å². The lowest BCUT2D eigenvalue weighted by Gasteiger charge is -2.05. The Morgan fingerprint density at radius 1 is 1.53 bits per heavy atom. The van der Waals surface area contributed by atoms with Crippen LogP contribution >= 0.6 is 0 Å². The van der Waals surface area contributed by atoms with Gasteiger partial charge in [0.15, 0.2) is 0 Å². The Labute approximate surface area is 101 Å². The lowest BCUT2D eigenvalue weighted by Crippen LogP contribution is -2.25. The van der Waals surface area contributed by atoms with E-state index in [9.17, 15) is 4.79 Å². The second-order valence-electron chi connectivity index (χ2n) is 3.64. The molecule has 0 atom stereocenters. The van der Waals surface area contributed by atoms with E-state index in [1.165, 1.54) is 0 Å². The van der Waals surface area contributed by atoms with Crippen molar-refractivity contribution in [2.45, 2.75) is 19.3 Å². The molecule has 90 valence electrons. The minimum Gasteiger partial charge on any atom is -0.497 e. The van der Waals surface area contributed by atoms with Crippen LogP contribution in [0.25, 0.3) is 0 Å². The lowest BCUT2D eigenvalue weighted by molar-refractivity contribution is -0.120. The van der Waals surface area contributed by atoms with E-state index in [1.807, 2.05) is 30.3 Å². The van der Waals surface area contributed by atoms with E-state index in [1.54, 1.807) is 7.11 Å². The number of nitrogens with one attached hydrogen (secondary N) is 1. The Kier molecular flexibility index (Phi) is 5.59. The zero-order chi connectivity index (χ0) is 12.5. The molecule has 0 fully saturated rings. The summed E-state index contributed by atoms with van der Waals surface area (Å²) in [7, 11) is 1.60. The zero-order valence-electron chi connectivity index (χ0n) is 9.90. The Bertz CT molecular complexity index is 410. The highest BCUT2D eigenvalue weighted by Crippen LogP contribution is 2.12. The van der Waals surface area contributed by atoms with Crippen LogP contribution < -0.4 is 10.1 Å². The van der Waals surface area contributed by atoms with Crippen LogP contribution in [0.4, 0.5) is 0 Å². The van der Waals surface area contributed by atoms with Gasteiger partial charge in [0.1, 0.15) is 5.75 Å². The largest absolute Gasteiger partial charge is 0.497 e. The minimum atomic E-state index is -0.0313. The maximum atomic E-state index is 11.5. The molecular formula is C13H16N2O2. The number of carbonyl (C=O) groups is 1. The number of rotatable bonds is 6. The summed E-state index contributed by atoms with van der Waals surface area (Å²) in [6.07, 6.45) is 1.50. The topological polar surface area (TPSA) is 62.1 Å². The third-order valence-corrected chi connectivity index (χ3v) is 2.29. The molecule has 17 heavy (non-hydrogen) atoms. The average Bonchev–Trinajstić information content (AvgIpc) is 2.35. The Balaban J connectivity index is 2.37. The van der Waals surface area contributed by atoms with Gasteiger partial charge in [-0.2, -0.15) is 5.26 Å². The molecule has 0 unspecified atom stereocenters. The van der Waals surface area contributed by atoms with E-state index in [0.29, 0.717) is 25.8 Å². The van der Waals surface area contributed by atoms with Crippen LogP contribution in [0.15, 0.2) is 24.3 Å². The fourth-order valence-corrected chi connectivity index (χ4v) is 1.43. The first kappa shape index (κ1) is 13.0. The number of unbranched alkanes of at least 4 members (excludes halogenated alkanes) is 1. The van der Waals surface area contributed by atoms with Gasteiger partial charge in [-0.25, -0.2) is 0 Å². The van der Waals surface area contributed by atoms with Crippen molar-refractivity contribution in [1.29, 1.82) is 5.26 Å². The molecule has 0 heterocycles. The summed E-state index contributed by atoms with van der Waals surface area (Å²) in [5, 5.41) is 11.1. The number of benzene rings is 1. The quantitative estimate of drug-likeness (QED) is 0.759. The van der Waals surface area contributed by atoms with Gasteiger partial charge >= 0.3 is 0 Å². The number of amides is 1. The van der Waals surface area contributed by atoms with Crippen molar-refractivity contribution in [2.24, 2.45) is 0 Å². The number of ether oxygens (including phenoxy) is 1. The fraction of sp³-hybridized carbons (Fsp3) is 0.385. The van der Waals surface area contributed by atoms with Crippen LogP contribution in [0.3, 0.4) is 0 Å². The molecule has 1 amide bonds.